The molecule has 3 heteroatoms. The second kappa shape index (κ2) is 3.94. The van der Waals surface area contributed by atoms with Gasteiger partial charge in [-0.1, -0.05) is 12.1 Å². The molecule has 0 aliphatic rings. The van der Waals surface area contributed by atoms with Crippen LogP contribution in [-0.2, 0) is 7.05 Å². The van der Waals surface area contributed by atoms with Gasteiger partial charge < -0.3 is 9.30 Å². The maximum Gasteiger partial charge on any atom is 0.151 e. The number of benzene rings is 1. The zero-order valence-electron chi connectivity index (χ0n) is 9.50. The standard InChI is InChI=1S/C14H12N2O/c1-16-9-7-11-4-2-6-13(14(11)16)17-12-5-3-8-15-10-12/h2-10H,1H3. The Kier molecular flexibility index (Phi) is 2.29. The quantitative estimate of drug-likeness (QED) is 0.667. The van der Waals surface area contributed by atoms with E-state index in [1.54, 1.807) is 12.4 Å². The van der Waals surface area contributed by atoms with Crippen LogP contribution in [0.1, 0.15) is 0 Å². The lowest BCUT2D eigenvalue weighted by atomic mass is 10.2. The fourth-order valence-electron chi connectivity index (χ4n) is 1.93. The molecule has 3 rings (SSSR count). The molecular formula is C14H12N2O. The monoisotopic (exact) mass is 224 g/mol. The number of hydrogen-bond acceptors (Lipinski definition) is 2. The third-order valence-electron chi connectivity index (χ3n) is 2.72. The Hall–Kier alpha value is -2.29. The summed E-state index contributed by atoms with van der Waals surface area (Å²) in [6.07, 6.45) is 5.47. The molecule has 0 amide bonds. The van der Waals surface area contributed by atoms with Crippen LogP contribution in [-0.4, -0.2) is 9.55 Å². The first-order valence-corrected chi connectivity index (χ1v) is 5.46. The fourth-order valence-corrected chi connectivity index (χ4v) is 1.93. The fraction of sp³-hybridized carbons (Fsp3) is 0.0714. The van der Waals surface area contributed by atoms with E-state index in [2.05, 4.69) is 21.7 Å². The van der Waals surface area contributed by atoms with E-state index in [1.165, 1.54) is 5.39 Å². The van der Waals surface area contributed by atoms with E-state index in [0.29, 0.717) is 0 Å². The number of pyridine rings is 1. The zero-order valence-corrected chi connectivity index (χ0v) is 9.50. The minimum Gasteiger partial charge on any atom is -0.454 e. The number of aryl methyl sites for hydroxylation is 1. The van der Waals surface area contributed by atoms with Crippen molar-refractivity contribution in [2.24, 2.45) is 7.05 Å². The Morgan fingerprint density at radius 2 is 2.06 bits per heavy atom. The van der Waals surface area contributed by atoms with Crippen LogP contribution in [0.2, 0.25) is 0 Å². The van der Waals surface area contributed by atoms with Gasteiger partial charge in [0.25, 0.3) is 0 Å². The maximum absolute atomic E-state index is 5.85. The zero-order chi connectivity index (χ0) is 11.7. The van der Waals surface area contributed by atoms with Crippen LogP contribution < -0.4 is 4.74 Å². The van der Waals surface area contributed by atoms with Crippen molar-refractivity contribution in [3.05, 3.63) is 55.0 Å². The number of rotatable bonds is 2. The maximum atomic E-state index is 5.85. The van der Waals surface area contributed by atoms with Crippen molar-refractivity contribution >= 4 is 10.9 Å². The molecule has 3 aromatic rings. The van der Waals surface area contributed by atoms with Crippen molar-refractivity contribution in [1.29, 1.82) is 0 Å². The van der Waals surface area contributed by atoms with Gasteiger partial charge in [0, 0.05) is 24.8 Å². The van der Waals surface area contributed by atoms with Crippen LogP contribution >= 0.6 is 0 Å². The third kappa shape index (κ3) is 1.76. The molecule has 0 aliphatic heterocycles. The van der Waals surface area contributed by atoms with Gasteiger partial charge in [-0.15, -0.1) is 0 Å². The summed E-state index contributed by atoms with van der Waals surface area (Å²) in [5.74, 6) is 1.60. The van der Waals surface area contributed by atoms with E-state index in [1.807, 2.05) is 37.5 Å². The highest BCUT2D eigenvalue weighted by atomic mass is 16.5. The molecule has 0 radical (unpaired) electrons. The van der Waals surface area contributed by atoms with Gasteiger partial charge in [-0.25, -0.2) is 0 Å². The predicted molar refractivity (Wildman–Crippen MR) is 67.2 cm³/mol. The van der Waals surface area contributed by atoms with Gasteiger partial charge in [-0.3, -0.25) is 4.98 Å². The molecule has 0 atom stereocenters. The van der Waals surface area contributed by atoms with Crippen LogP contribution in [0.5, 0.6) is 11.5 Å². The SMILES string of the molecule is Cn1ccc2cccc(Oc3cccnc3)c21. The molecule has 0 bridgehead atoms. The van der Waals surface area contributed by atoms with E-state index in [4.69, 9.17) is 4.74 Å². The average molecular weight is 224 g/mol. The minimum atomic E-state index is 0.751. The molecule has 2 heterocycles. The van der Waals surface area contributed by atoms with E-state index in [-0.39, 0.29) is 0 Å². The molecule has 2 aromatic heterocycles. The van der Waals surface area contributed by atoms with Gasteiger partial charge in [-0.05, 0) is 24.3 Å². The Bertz CT molecular complexity index is 644. The van der Waals surface area contributed by atoms with Crippen molar-refractivity contribution in [3.8, 4) is 11.5 Å². The van der Waals surface area contributed by atoms with Crippen molar-refractivity contribution < 1.29 is 4.74 Å². The Morgan fingerprint density at radius 1 is 1.12 bits per heavy atom. The van der Waals surface area contributed by atoms with Gasteiger partial charge in [0.15, 0.2) is 5.75 Å². The summed E-state index contributed by atoms with van der Waals surface area (Å²) in [5, 5.41) is 1.17. The highest BCUT2D eigenvalue weighted by Crippen LogP contribution is 2.29. The van der Waals surface area contributed by atoms with Crippen LogP contribution in [0.25, 0.3) is 10.9 Å². The lowest BCUT2D eigenvalue weighted by Gasteiger charge is -2.07. The molecule has 84 valence electrons. The molecule has 0 fully saturated rings. The lowest BCUT2D eigenvalue weighted by molar-refractivity contribution is 0.483. The Labute approximate surface area is 99.3 Å². The van der Waals surface area contributed by atoms with Gasteiger partial charge in [-0.2, -0.15) is 0 Å². The summed E-state index contributed by atoms with van der Waals surface area (Å²) in [7, 11) is 2.01. The topological polar surface area (TPSA) is 27.1 Å². The molecule has 0 N–H and O–H groups in total. The van der Waals surface area contributed by atoms with E-state index in [0.717, 1.165) is 17.0 Å². The van der Waals surface area contributed by atoms with E-state index in [9.17, 15) is 0 Å². The highest BCUT2D eigenvalue weighted by Gasteiger charge is 2.06. The molecule has 0 saturated carbocycles. The molecule has 0 saturated heterocycles. The van der Waals surface area contributed by atoms with Crippen molar-refractivity contribution in [2.45, 2.75) is 0 Å². The molecule has 1 aromatic carbocycles. The molecule has 3 nitrogen and oxygen atoms in total. The van der Waals surface area contributed by atoms with E-state index >= 15 is 0 Å². The Balaban J connectivity index is 2.09. The average Bonchev–Trinajstić information content (AvgIpc) is 2.74. The number of para-hydroxylation sites is 1. The number of hydrogen-bond donors (Lipinski definition) is 0. The van der Waals surface area contributed by atoms with Crippen molar-refractivity contribution in [3.63, 3.8) is 0 Å². The molecular weight excluding hydrogens is 212 g/mol. The van der Waals surface area contributed by atoms with Crippen LogP contribution in [0.15, 0.2) is 55.0 Å². The first kappa shape index (κ1) is 9.90. The second-order valence-corrected chi connectivity index (χ2v) is 3.91. The van der Waals surface area contributed by atoms with E-state index < -0.39 is 0 Å². The summed E-state index contributed by atoms with van der Waals surface area (Å²) in [5.41, 5.74) is 1.09. The highest BCUT2D eigenvalue weighted by molar-refractivity contribution is 5.86. The van der Waals surface area contributed by atoms with Gasteiger partial charge in [0.1, 0.15) is 5.75 Å². The normalized spacial score (nSPS) is 10.6. The number of aromatic nitrogens is 2. The number of fused-ring (bicyclic) bond motifs is 1. The summed E-state index contributed by atoms with van der Waals surface area (Å²) in [4.78, 5) is 4.04. The van der Waals surface area contributed by atoms with Crippen molar-refractivity contribution in [2.75, 3.05) is 0 Å². The van der Waals surface area contributed by atoms with Gasteiger partial charge >= 0.3 is 0 Å². The molecule has 17 heavy (non-hydrogen) atoms. The lowest BCUT2D eigenvalue weighted by Crippen LogP contribution is -1.90. The van der Waals surface area contributed by atoms with Crippen molar-refractivity contribution in [1.82, 2.24) is 9.55 Å². The first-order chi connectivity index (χ1) is 8.34. The smallest absolute Gasteiger partial charge is 0.151 e. The second-order valence-electron chi connectivity index (χ2n) is 3.91. The van der Waals surface area contributed by atoms with Crippen LogP contribution in [0, 0.1) is 0 Å². The predicted octanol–water partition coefficient (Wildman–Crippen LogP) is 3.37. The largest absolute Gasteiger partial charge is 0.454 e. The summed E-state index contributed by atoms with van der Waals surface area (Å²) in [6.45, 7) is 0. The number of ether oxygens (including phenoxy) is 1. The molecule has 0 aliphatic carbocycles. The molecule has 0 unspecified atom stereocenters. The summed E-state index contributed by atoms with van der Waals surface area (Å²) in [6, 6.07) is 11.9. The third-order valence-corrected chi connectivity index (χ3v) is 2.72. The molecule has 0 spiro atoms. The summed E-state index contributed by atoms with van der Waals surface area (Å²) >= 11 is 0. The first-order valence-electron chi connectivity index (χ1n) is 5.46. The van der Waals surface area contributed by atoms with Gasteiger partial charge in [0.2, 0.25) is 0 Å². The minimum absolute atomic E-state index is 0.751. The van der Waals surface area contributed by atoms with Gasteiger partial charge in [0.05, 0.1) is 11.7 Å². The van der Waals surface area contributed by atoms with Crippen LogP contribution in [0.3, 0.4) is 0 Å². The van der Waals surface area contributed by atoms with Crippen LogP contribution in [0.4, 0.5) is 0 Å². The summed E-state index contributed by atoms with van der Waals surface area (Å²) < 4.78 is 7.90. The number of nitrogens with zero attached hydrogens (tertiary/aromatic N) is 2. The Morgan fingerprint density at radius 3 is 2.88 bits per heavy atom.